The molecule has 0 saturated heterocycles. The molecule has 0 aliphatic heterocycles. The lowest BCUT2D eigenvalue weighted by Crippen LogP contribution is -2.52. The molecule has 0 aromatic rings. The maximum atomic E-state index is 11.3. The molecular weight excluding hydrogens is 446 g/mol. The van der Waals surface area contributed by atoms with Crippen molar-refractivity contribution in [2.45, 2.75) is 78.4 Å². The molecule has 7 heteroatoms. The minimum atomic E-state index is -0.116. The first-order valence-corrected chi connectivity index (χ1v) is 13.7. The zero-order chi connectivity index (χ0) is 25.2. The van der Waals surface area contributed by atoms with Crippen molar-refractivity contribution in [2.24, 2.45) is 28.6 Å². The molecule has 0 aromatic carbocycles. The molecule has 4 rings (SSSR count). The summed E-state index contributed by atoms with van der Waals surface area (Å²) in [5.41, 5.74) is 4.54. The van der Waals surface area contributed by atoms with Gasteiger partial charge < -0.3 is 8.37 Å². The Balaban J connectivity index is 1.59. The Labute approximate surface area is 213 Å². The normalized spacial score (nSPS) is 39.2. The Bertz CT molecular complexity index is 940. The minimum Gasteiger partial charge on any atom is -0.324 e. The number of hydrogen-bond donors (Lipinski definition) is 0. The third kappa shape index (κ3) is 4.52. The maximum absolute atomic E-state index is 11.3. The summed E-state index contributed by atoms with van der Waals surface area (Å²) in [6.07, 6.45) is 16.8. The molecule has 0 aromatic heterocycles. The summed E-state index contributed by atoms with van der Waals surface area (Å²) in [5, 5.41) is 0. The standard InChI is InChI=1S/C26H36B2O3S2/c1-16(6-5-7-17(2)29)21-10-11-22-20-9-8-18-14-19(30-32-27)15-24(31-33-28)26(18,4)23(20)12-13-25(21,22)3/h5,7-10,16,19,22-24,27-28H,6,11-15H2,1-4H3/b7-5+/t16-,19-,22?,23?,24+,25-,26+/m1/s1/i27T,28T. The second-order valence-electron chi connectivity index (χ2n) is 10.7. The summed E-state index contributed by atoms with van der Waals surface area (Å²) < 4.78 is 26.9. The van der Waals surface area contributed by atoms with E-state index in [-0.39, 0.29) is 28.8 Å². The van der Waals surface area contributed by atoms with Gasteiger partial charge in [-0.3, -0.25) is 4.79 Å². The first kappa shape index (κ1) is 22.8. The molecule has 2 saturated carbocycles. The number of ketones is 1. The van der Waals surface area contributed by atoms with Gasteiger partial charge in [-0.2, -0.15) is 0 Å². The van der Waals surface area contributed by atoms with Crippen LogP contribution in [-0.2, 0) is 13.2 Å². The van der Waals surface area contributed by atoms with E-state index < -0.39 is 0 Å². The molecule has 176 valence electrons. The molecule has 2 unspecified atom stereocenters. The van der Waals surface area contributed by atoms with Crippen LogP contribution in [0.2, 0.25) is 0 Å². The SMILES string of the molecule is [3H][B]SO[C@@H]1CC2=CC=C3C(CC[C@]4(C)C([C@H](C)C/C=C/C(C)=O)=CCC34)[C@@]2(C)[C@@H](OS[B][3H])C1. The third-order valence-electron chi connectivity index (χ3n) is 8.98. The minimum absolute atomic E-state index is 0.00437. The zero-order valence-electron chi connectivity index (χ0n) is 22.2. The van der Waals surface area contributed by atoms with Gasteiger partial charge >= 0.3 is 0 Å². The van der Waals surface area contributed by atoms with Gasteiger partial charge in [-0.1, -0.05) is 85.6 Å². The molecule has 0 N–H and O–H groups in total. The molecule has 3 nitrogen and oxygen atoms in total. The summed E-state index contributed by atoms with van der Waals surface area (Å²) in [7, 11) is 2.49. The van der Waals surface area contributed by atoms with E-state index in [0.717, 1.165) is 62.3 Å². The van der Waals surface area contributed by atoms with Gasteiger partial charge in [0.05, 0.1) is 12.2 Å². The maximum Gasteiger partial charge on any atom is 0.209 e. The van der Waals surface area contributed by atoms with Gasteiger partial charge in [0.25, 0.3) is 0 Å². The van der Waals surface area contributed by atoms with Crippen LogP contribution in [0.15, 0.2) is 47.1 Å². The van der Waals surface area contributed by atoms with E-state index in [0.29, 0.717) is 17.8 Å². The largest absolute Gasteiger partial charge is 0.324 e. The molecule has 4 aliphatic rings. The third-order valence-corrected chi connectivity index (χ3v) is 9.71. The summed E-state index contributed by atoms with van der Waals surface area (Å²) in [5.74, 6) is 1.47. The van der Waals surface area contributed by atoms with Crippen molar-refractivity contribution in [3.8, 4) is 0 Å². The molecule has 0 heterocycles. The van der Waals surface area contributed by atoms with Crippen molar-refractivity contribution in [2.75, 3.05) is 0 Å². The summed E-state index contributed by atoms with van der Waals surface area (Å²) >= 11 is 2.20. The van der Waals surface area contributed by atoms with Crippen LogP contribution in [0.1, 0.15) is 66.2 Å². The molecule has 2 fully saturated rings. The van der Waals surface area contributed by atoms with E-state index in [1.807, 2.05) is 6.08 Å². The molecule has 0 spiro atoms. The second-order valence-corrected chi connectivity index (χ2v) is 11.5. The Morgan fingerprint density at radius 2 is 2.09 bits per heavy atom. The van der Waals surface area contributed by atoms with Crippen LogP contribution >= 0.6 is 23.8 Å². The average Bonchev–Trinajstić information content (AvgIpc) is 3.18. The van der Waals surface area contributed by atoms with Crippen LogP contribution < -0.4 is 0 Å². The number of rotatable bonds is 10. The highest BCUT2D eigenvalue weighted by molar-refractivity contribution is 8.16. The monoisotopic (exact) mass is 486 g/mol. The molecular formula is C26H36B2O3S2. The Hall–Kier alpha value is -0.620. The molecule has 7 atom stereocenters. The van der Waals surface area contributed by atoms with Gasteiger partial charge in [0.15, 0.2) is 5.78 Å². The van der Waals surface area contributed by atoms with Gasteiger partial charge in [0.2, 0.25) is 14.2 Å². The topological polar surface area (TPSA) is 35.5 Å². The van der Waals surface area contributed by atoms with E-state index in [9.17, 15) is 4.79 Å². The summed E-state index contributed by atoms with van der Waals surface area (Å²) in [6, 6.07) is 0. The average molecular weight is 486 g/mol. The van der Waals surface area contributed by atoms with E-state index in [1.165, 1.54) is 19.7 Å². The van der Waals surface area contributed by atoms with Crippen molar-refractivity contribution in [3.05, 3.63) is 47.1 Å². The van der Waals surface area contributed by atoms with Crippen molar-refractivity contribution in [1.82, 2.24) is 0 Å². The van der Waals surface area contributed by atoms with E-state index in [4.69, 9.17) is 11.0 Å². The van der Waals surface area contributed by atoms with Crippen molar-refractivity contribution >= 4 is 43.7 Å². The predicted molar refractivity (Wildman–Crippen MR) is 143 cm³/mol. The summed E-state index contributed by atoms with van der Waals surface area (Å²) in [4.78, 5) is 11.3. The van der Waals surface area contributed by atoms with E-state index >= 15 is 0 Å². The Kier molecular flexibility index (Phi) is 7.03. The quantitative estimate of drug-likeness (QED) is 0.167. The van der Waals surface area contributed by atoms with Crippen LogP contribution in [0.3, 0.4) is 0 Å². The fourth-order valence-corrected chi connectivity index (χ4v) is 8.03. The van der Waals surface area contributed by atoms with E-state index in [2.05, 4.69) is 39.0 Å². The first-order chi connectivity index (χ1) is 16.8. The van der Waals surface area contributed by atoms with Crippen molar-refractivity contribution in [3.63, 3.8) is 0 Å². The number of allylic oxidation sites excluding steroid dienone is 7. The van der Waals surface area contributed by atoms with Gasteiger partial charge in [-0.05, 0) is 70.9 Å². The lowest BCUT2D eigenvalue weighted by atomic mass is 9.49. The second kappa shape index (κ2) is 10.2. The number of carbonyl (C=O) groups excluding carboxylic acids is 1. The molecule has 0 amide bonds. The predicted octanol–water partition coefficient (Wildman–Crippen LogP) is 5.89. The highest BCUT2D eigenvalue weighted by atomic mass is 32.2. The smallest absolute Gasteiger partial charge is 0.209 e. The van der Waals surface area contributed by atoms with Gasteiger partial charge in [-0.25, -0.2) is 0 Å². The highest BCUT2D eigenvalue weighted by Gasteiger charge is 2.57. The first-order valence-electron chi connectivity index (χ1n) is 13.2. The van der Waals surface area contributed by atoms with Crippen molar-refractivity contribution < 1.29 is 13.2 Å². The van der Waals surface area contributed by atoms with Crippen LogP contribution in [0.4, 0.5) is 0 Å². The lowest BCUT2D eigenvalue weighted by Gasteiger charge is -2.57. The van der Waals surface area contributed by atoms with E-state index in [1.54, 1.807) is 24.1 Å². The highest BCUT2D eigenvalue weighted by Crippen LogP contribution is 2.65. The molecule has 33 heavy (non-hydrogen) atoms. The van der Waals surface area contributed by atoms with Crippen LogP contribution in [0.5, 0.6) is 0 Å². The zero-order valence-corrected chi connectivity index (χ0v) is 21.8. The molecule has 4 aliphatic carbocycles. The summed E-state index contributed by atoms with van der Waals surface area (Å²) in [6.45, 7) is 8.73. The Morgan fingerprint density at radius 3 is 2.85 bits per heavy atom. The number of hydrogen-bond acceptors (Lipinski definition) is 5. The van der Waals surface area contributed by atoms with Crippen LogP contribution in [-0.4, -0.2) is 34.8 Å². The fourth-order valence-electron chi connectivity index (χ4n) is 7.31. The fraction of sp³-hybridized carbons (Fsp3) is 0.654. The van der Waals surface area contributed by atoms with Crippen LogP contribution in [0.25, 0.3) is 0 Å². The van der Waals surface area contributed by atoms with Gasteiger partial charge in [0.1, 0.15) is 0 Å². The molecule has 0 bridgehead atoms. The molecule has 2 radical (unpaired) electrons. The van der Waals surface area contributed by atoms with Gasteiger partial charge in [0, 0.05) is 11.8 Å². The van der Waals surface area contributed by atoms with Gasteiger partial charge in [-0.15, -0.1) is 0 Å². The lowest BCUT2D eigenvalue weighted by molar-refractivity contribution is -0.112. The number of carbonyl (C=O) groups is 1. The number of fused-ring (bicyclic) bond motifs is 5. The van der Waals surface area contributed by atoms with Crippen molar-refractivity contribution in [1.29, 1.82) is 2.67 Å². The Morgan fingerprint density at radius 1 is 1.30 bits per heavy atom. The van der Waals surface area contributed by atoms with Crippen LogP contribution in [0, 0.1) is 28.6 Å².